The highest BCUT2D eigenvalue weighted by molar-refractivity contribution is 8.00. The highest BCUT2D eigenvalue weighted by Gasteiger charge is 2.54. The second-order valence-corrected chi connectivity index (χ2v) is 12.6. The number of piperazine rings is 1. The predicted octanol–water partition coefficient (Wildman–Crippen LogP) is -2.54. The number of hydrogen-bond donors (Lipinski definition) is 4. The number of aromatic amines is 1. The maximum Gasteiger partial charge on any atom is 0.276 e. The van der Waals surface area contributed by atoms with E-state index in [9.17, 15) is 39.0 Å². The number of aromatic nitrogens is 2. The van der Waals surface area contributed by atoms with Crippen LogP contribution in [0.1, 0.15) is 16.2 Å². The first-order chi connectivity index (χ1) is 21.5. The lowest BCUT2D eigenvalue weighted by molar-refractivity contribution is -0.908. The third-order valence-electron chi connectivity index (χ3n) is 7.66. The Morgan fingerprint density at radius 2 is 2.04 bits per heavy atom. The van der Waals surface area contributed by atoms with E-state index in [1.54, 1.807) is 4.90 Å². The van der Waals surface area contributed by atoms with Crippen LogP contribution < -0.4 is 21.2 Å². The van der Waals surface area contributed by atoms with Crippen LogP contribution in [0.25, 0.3) is 0 Å². The van der Waals surface area contributed by atoms with Crippen molar-refractivity contribution in [2.24, 2.45) is 5.16 Å². The lowest BCUT2D eigenvalue weighted by atomic mass is 10.0. The number of fused-ring (bicyclic) bond motifs is 1. The fourth-order valence-corrected chi connectivity index (χ4v) is 7.32. The molecule has 0 unspecified atom stereocenters. The number of rotatable bonds is 10. The summed E-state index contributed by atoms with van der Waals surface area (Å²) in [6, 6.07) is -0.00229. The molecule has 0 aliphatic carbocycles. The summed E-state index contributed by atoms with van der Waals surface area (Å²) in [4.78, 5) is 88.1. The first kappa shape index (κ1) is 31.7. The second-order valence-electron chi connectivity index (χ2n) is 10.6. The van der Waals surface area contributed by atoms with E-state index in [1.807, 2.05) is 7.05 Å². The number of hydrogen-bond acceptors (Lipinski definition) is 13. The number of thioether (sulfide) groups is 1. The minimum Gasteiger partial charge on any atom is -0.543 e. The van der Waals surface area contributed by atoms with Gasteiger partial charge < -0.3 is 44.8 Å². The number of anilines is 1. The number of H-pyrrole nitrogens is 1. The molecule has 3 aliphatic heterocycles. The Morgan fingerprint density at radius 3 is 2.69 bits per heavy atom. The Balaban J connectivity index is 1.25. The maximum atomic E-state index is 13.2. The smallest absolute Gasteiger partial charge is 0.276 e. The molecule has 2 aromatic heterocycles. The fraction of sp³-hybridized carbons (Fsp3) is 0.385. The van der Waals surface area contributed by atoms with Gasteiger partial charge in [-0.05, 0) is 0 Å². The van der Waals surface area contributed by atoms with Crippen molar-refractivity contribution in [1.82, 2.24) is 25.1 Å². The number of nitrogens with zero attached hydrogens (tertiary/aromatic N) is 5. The van der Waals surface area contributed by atoms with Gasteiger partial charge in [0.2, 0.25) is 11.8 Å². The van der Waals surface area contributed by atoms with Crippen LogP contribution in [0.3, 0.4) is 0 Å². The van der Waals surface area contributed by atoms with Crippen LogP contribution in [0.2, 0.25) is 0 Å². The zero-order chi connectivity index (χ0) is 32.5. The first-order valence-corrected chi connectivity index (χ1v) is 15.4. The van der Waals surface area contributed by atoms with E-state index < -0.39 is 46.3 Å². The fourth-order valence-electron chi connectivity index (χ4n) is 5.33. The minimum absolute atomic E-state index is 0.0513. The number of oxime groups is 1. The van der Waals surface area contributed by atoms with Crippen LogP contribution in [0.15, 0.2) is 38.9 Å². The zero-order valence-electron chi connectivity index (χ0n) is 24.0. The normalized spacial score (nSPS) is 21.0. The molecule has 0 bridgehead atoms. The van der Waals surface area contributed by atoms with Gasteiger partial charge in [0.25, 0.3) is 17.7 Å². The molecule has 2 saturated heterocycles. The molecule has 17 nitrogen and oxygen atoms in total. The van der Waals surface area contributed by atoms with E-state index in [0.29, 0.717) is 42.6 Å². The molecule has 5 rings (SSSR count). The molecule has 2 fully saturated rings. The summed E-state index contributed by atoms with van der Waals surface area (Å²) in [5.41, 5.74) is -0.478. The number of thiazole rings is 1. The Hall–Kier alpha value is -4.75. The highest BCUT2D eigenvalue weighted by atomic mass is 32.2. The van der Waals surface area contributed by atoms with E-state index in [-0.39, 0.29) is 40.2 Å². The molecule has 45 heavy (non-hydrogen) atoms. The summed E-state index contributed by atoms with van der Waals surface area (Å²) in [7, 11) is 3.15. The lowest BCUT2D eigenvalue weighted by Crippen LogP contribution is -2.72. The predicted molar refractivity (Wildman–Crippen MR) is 158 cm³/mol. The number of amides is 4. The number of aromatic hydroxyl groups is 1. The van der Waals surface area contributed by atoms with Crippen molar-refractivity contribution in [2.45, 2.75) is 11.4 Å². The van der Waals surface area contributed by atoms with Crippen molar-refractivity contribution in [2.75, 3.05) is 58.0 Å². The number of likely N-dealkylation sites (N-methyl/N-ethyl adjacent to an activating group) is 1. The Labute approximate surface area is 263 Å². The number of β-lactam (4-membered cyclic amide) rings is 1. The summed E-state index contributed by atoms with van der Waals surface area (Å²) in [6.45, 7) is 1.89. The molecule has 2 aromatic rings. The quantitative estimate of drug-likeness (QED) is 0.0683. The Kier molecular flexibility index (Phi) is 8.94. The van der Waals surface area contributed by atoms with Gasteiger partial charge in [0, 0.05) is 29.0 Å². The molecular formula is C26H28N8O9S2. The van der Waals surface area contributed by atoms with Crippen molar-refractivity contribution in [1.29, 1.82) is 0 Å². The summed E-state index contributed by atoms with van der Waals surface area (Å²) >= 11 is 2.35. The molecule has 4 amide bonds. The molecule has 0 spiro atoms. The van der Waals surface area contributed by atoms with Gasteiger partial charge in [-0.2, -0.15) is 0 Å². The number of nitrogens with one attached hydrogen (secondary N) is 3. The summed E-state index contributed by atoms with van der Waals surface area (Å²) in [5, 5.41) is 31.4. The van der Waals surface area contributed by atoms with Gasteiger partial charge in [-0.25, -0.2) is 4.98 Å². The van der Waals surface area contributed by atoms with Crippen LogP contribution in [0.4, 0.5) is 5.13 Å². The summed E-state index contributed by atoms with van der Waals surface area (Å²) < 4.78 is 0.390. The van der Waals surface area contributed by atoms with Gasteiger partial charge in [0.05, 0.1) is 44.9 Å². The monoisotopic (exact) mass is 660 g/mol. The average molecular weight is 661 g/mol. The van der Waals surface area contributed by atoms with Gasteiger partial charge in [0.15, 0.2) is 16.6 Å². The molecule has 238 valence electrons. The second kappa shape index (κ2) is 12.7. The first-order valence-electron chi connectivity index (χ1n) is 13.5. The number of pyridine rings is 1. The van der Waals surface area contributed by atoms with Gasteiger partial charge in [-0.1, -0.05) is 5.16 Å². The zero-order valence-corrected chi connectivity index (χ0v) is 25.6. The number of carboxylic acid groups (broad SMARTS) is 1. The van der Waals surface area contributed by atoms with Crippen LogP contribution in [-0.2, 0) is 24.0 Å². The molecule has 0 saturated carbocycles. The van der Waals surface area contributed by atoms with Gasteiger partial charge in [0.1, 0.15) is 36.5 Å². The van der Waals surface area contributed by atoms with Crippen LogP contribution in [-0.4, -0.2) is 129 Å². The number of carboxylic acids is 1. The van der Waals surface area contributed by atoms with Crippen molar-refractivity contribution in [3.05, 3.63) is 50.5 Å². The molecule has 2 atom stereocenters. The molecule has 4 N–H and O–H groups in total. The van der Waals surface area contributed by atoms with Gasteiger partial charge in [-0.15, -0.1) is 23.1 Å². The molecule has 0 radical (unpaired) electrons. The van der Waals surface area contributed by atoms with Crippen LogP contribution >= 0.6 is 23.1 Å². The molecule has 0 aromatic carbocycles. The standard InChI is InChI=1S/C26H28N8O9S2/c1-34(5-3-32(4-6-34)22(39)14-7-16(36)17(37)8-27-14)9-13-10-44-24-19(23(40)33(24)20(13)25(41)42)30-21(38)18(31-43-2)15-11-45-26(29-15)28-12-35/h7-8,11-12,19,24H,3-6,9-10H2,1-2H3,(H4-,27,28,29,30,31,35,36,37,38,39,41,42)/t19-,24-/m1/s1. The SMILES string of the molecule is CON=C(C(=O)N[C@@H]1C(=O)N2C(C(=O)[O-])=C(C[N+]3(C)CCN(C(=O)c4cc(=O)c(O)c[nH]4)CC3)CS[C@H]12)c1csc(NC=O)n1. The Morgan fingerprint density at radius 1 is 1.31 bits per heavy atom. The van der Waals surface area contributed by atoms with E-state index in [2.05, 4.69) is 25.8 Å². The lowest BCUT2D eigenvalue weighted by Gasteiger charge is -2.51. The van der Waals surface area contributed by atoms with Gasteiger partial charge in [-0.3, -0.25) is 28.9 Å². The van der Waals surface area contributed by atoms with Crippen LogP contribution in [0.5, 0.6) is 5.75 Å². The molecule has 5 heterocycles. The van der Waals surface area contributed by atoms with E-state index in [0.717, 1.165) is 28.5 Å². The Bertz CT molecular complexity index is 1680. The third kappa shape index (κ3) is 6.26. The number of carbonyl (C=O) groups excluding carboxylic acids is 5. The van der Waals surface area contributed by atoms with E-state index >= 15 is 0 Å². The third-order valence-corrected chi connectivity index (χ3v) is 9.77. The van der Waals surface area contributed by atoms with E-state index in [1.165, 1.54) is 24.3 Å². The van der Waals surface area contributed by atoms with E-state index in [4.69, 9.17) is 4.84 Å². The highest BCUT2D eigenvalue weighted by Crippen LogP contribution is 2.41. The van der Waals surface area contributed by atoms with Crippen molar-refractivity contribution < 1.29 is 43.5 Å². The molecule has 19 heteroatoms. The number of quaternary nitrogens is 1. The minimum atomic E-state index is -1.51. The summed E-state index contributed by atoms with van der Waals surface area (Å²) in [5.74, 6) is -3.53. The number of carbonyl (C=O) groups is 5. The topological polar surface area (TPSA) is 227 Å². The maximum absolute atomic E-state index is 13.2. The average Bonchev–Trinajstić information content (AvgIpc) is 3.47. The van der Waals surface area contributed by atoms with Crippen LogP contribution in [0, 0.1) is 0 Å². The molecular weight excluding hydrogens is 632 g/mol. The van der Waals surface area contributed by atoms with Crippen molar-refractivity contribution in [3.8, 4) is 5.75 Å². The van der Waals surface area contributed by atoms with Gasteiger partial charge >= 0.3 is 0 Å². The number of aliphatic carboxylic acids is 1. The van der Waals surface area contributed by atoms with Crippen molar-refractivity contribution in [3.63, 3.8) is 0 Å². The molecule has 3 aliphatic rings. The van der Waals surface area contributed by atoms with Crippen molar-refractivity contribution >= 4 is 64.0 Å². The summed E-state index contributed by atoms with van der Waals surface area (Å²) in [6.07, 6.45) is 1.49. The largest absolute Gasteiger partial charge is 0.543 e.